The number of hydrogen-bond acceptors (Lipinski definition) is 6. The molecule has 0 unspecified atom stereocenters. The van der Waals surface area contributed by atoms with Crippen molar-refractivity contribution < 1.29 is 28.7 Å². The second kappa shape index (κ2) is 10.2. The van der Waals surface area contributed by atoms with Gasteiger partial charge in [0.2, 0.25) is 11.7 Å². The van der Waals surface area contributed by atoms with Crippen LogP contribution >= 0.6 is 0 Å². The van der Waals surface area contributed by atoms with Crippen LogP contribution in [0, 0.1) is 12.8 Å². The molecule has 1 aliphatic rings. The molecule has 168 valence electrons. The third-order valence-electron chi connectivity index (χ3n) is 5.31. The van der Waals surface area contributed by atoms with Crippen LogP contribution in [-0.4, -0.2) is 42.9 Å². The minimum Gasteiger partial charge on any atom is -0.462 e. The number of rotatable bonds is 8. The van der Waals surface area contributed by atoms with Crippen molar-refractivity contribution in [3.05, 3.63) is 65.2 Å². The minimum atomic E-state index is -0.942. The van der Waals surface area contributed by atoms with Crippen LogP contribution in [0.3, 0.4) is 0 Å². The number of ketones is 1. The van der Waals surface area contributed by atoms with Gasteiger partial charge in [-0.25, -0.2) is 4.79 Å². The van der Waals surface area contributed by atoms with Gasteiger partial charge < -0.3 is 14.4 Å². The molecule has 2 atom stereocenters. The van der Waals surface area contributed by atoms with Gasteiger partial charge in [0.1, 0.15) is 0 Å². The molecule has 0 spiro atoms. The van der Waals surface area contributed by atoms with E-state index in [1.807, 2.05) is 26.0 Å². The molecule has 0 aromatic heterocycles. The Kier molecular flexibility index (Phi) is 7.41. The lowest BCUT2D eigenvalue weighted by atomic mass is 10.1. The highest BCUT2D eigenvalue weighted by Crippen LogP contribution is 2.27. The Labute approximate surface area is 187 Å². The quantitative estimate of drug-likeness (QED) is 0.462. The van der Waals surface area contributed by atoms with Crippen LogP contribution in [0.25, 0.3) is 0 Å². The van der Waals surface area contributed by atoms with E-state index in [4.69, 9.17) is 9.47 Å². The number of carbonyl (C=O) groups excluding carboxylic acids is 4. The van der Waals surface area contributed by atoms with E-state index in [1.54, 1.807) is 36.4 Å². The Morgan fingerprint density at radius 3 is 2.28 bits per heavy atom. The lowest BCUT2D eigenvalue weighted by Gasteiger charge is -2.18. The number of Topliss-reactive ketones (excluding diaryl/α,β-unsaturated/α-hetero) is 1. The van der Waals surface area contributed by atoms with E-state index in [2.05, 4.69) is 0 Å². The topological polar surface area (TPSA) is 90.0 Å². The van der Waals surface area contributed by atoms with E-state index in [0.29, 0.717) is 23.4 Å². The molecule has 1 aliphatic heterocycles. The highest BCUT2D eigenvalue weighted by Gasteiger charge is 2.37. The number of nitrogens with zero attached hydrogens (tertiary/aromatic N) is 1. The fourth-order valence-corrected chi connectivity index (χ4v) is 3.45. The highest BCUT2D eigenvalue weighted by atomic mass is 16.5. The van der Waals surface area contributed by atoms with Gasteiger partial charge in [-0.1, -0.05) is 36.8 Å². The maximum atomic E-state index is 12.6. The van der Waals surface area contributed by atoms with Crippen molar-refractivity contribution in [1.82, 2.24) is 0 Å². The smallest absolute Gasteiger partial charge is 0.338 e. The Hall–Kier alpha value is -3.48. The Balaban J connectivity index is 1.59. The van der Waals surface area contributed by atoms with Gasteiger partial charge in [-0.3, -0.25) is 14.4 Å². The molecule has 1 fully saturated rings. The first-order chi connectivity index (χ1) is 15.3. The maximum Gasteiger partial charge on any atom is 0.338 e. The van der Waals surface area contributed by atoms with Gasteiger partial charge in [-0.15, -0.1) is 0 Å². The van der Waals surface area contributed by atoms with E-state index >= 15 is 0 Å². The summed E-state index contributed by atoms with van der Waals surface area (Å²) in [5, 5.41) is 0. The molecular weight excluding hydrogens is 410 g/mol. The molecule has 1 amide bonds. The molecule has 1 saturated heterocycles. The molecule has 2 aromatic carbocycles. The summed E-state index contributed by atoms with van der Waals surface area (Å²) in [5.74, 6) is -2.16. The average molecular weight is 437 g/mol. The minimum absolute atomic E-state index is 0.00453. The van der Waals surface area contributed by atoms with Crippen molar-refractivity contribution in [2.75, 3.05) is 18.1 Å². The molecule has 32 heavy (non-hydrogen) atoms. The summed E-state index contributed by atoms with van der Waals surface area (Å²) in [5.41, 5.74) is 2.48. The molecule has 0 radical (unpaired) electrons. The van der Waals surface area contributed by atoms with Crippen molar-refractivity contribution in [2.45, 2.75) is 39.7 Å². The third-order valence-corrected chi connectivity index (χ3v) is 5.31. The van der Waals surface area contributed by atoms with E-state index < -0.39 is 24.0 Å². The standard InChI is InChI=1S/C25H27NO6/c1-4-13-31-24(29)19-9-11-21(12-10-19)26-15-20(14-22(26)27)25(30)32-17(3)23(28)18-7-5-16(2)6-8-18/h5-12,17,20H,4,13-15H2,1-3H3/t17-,20-/m1/s1. The number of hydrogen-bond donors (Lipinski definition) is 0. The van der Waals surface area contributed by atoms with Gasteiger partial charge >= 0.3 is 11.9 Å². The zero-order valence-corrected chi connectivity index (χ0v) is 18.5. The normalized spacial score (nSPS) is 16.5. The van der Waals surface area contributed by atoms with Crippen LogP contribution in [-0.2, 0) is 19.1 Å². The molecule has 1 heterocycles. The van der Waals surface area contributed by atoms with Crippen LogP contribution < -0.4 is 4.90 Å². The first-order valence-corrected chi connectivity index (χ1v) is 10.7. The molecule has 7 nitrogen and oxygen atoms in total. The molecule has 0 N–H and O–H groups in total. The monoisotopic (exact) mass is 437 g/mol. The summed E-state index contributed by atoms with van der Waals surface area (Å²) in [4.78, 5) is 51.0. The molecule has 3 rings (SSSR count). The summed E-state index contributed by atoms with van der Waals surface area (Å²) in [6.07, 6.45) is -0.202. The number of ether oxygens (including phenoxy) is 2. The molecule has 7 heteroatoms. The predicted octanol–water partition coefficient (Wildman–Crippen LogP) is 3.73. The highest BCUT2D eigenvalue weighted by molar-refractivity contribution is 6.02. The number of carbonyl (C=O) groups is 4. The number of amides is 1. The van der Waals surface area contributed by atoms with Gasteiger partial charge in [-0.2, -0.15) is 0 Å². The first-order valence-electron chi connectivity index (χ1n) is 10.7. The fourth-order valence-electron chi connectivity index (χ4n) is 3.45. The predicted molar refractivity (Wildman–Crippen MR) is 119 cm³/mol. The van der Waals surface area contributed by atoms with Gasteiger partial charge in [-0.05, 0) is 44.5 Å². The van der Waals surface area contributed by atoms with Gasteiger partial charge in [0.15, 0.2) is 6.10 Å². The molecular formula is C25H27NO6. The zero-order valence-electron chi connectivity index (χ0n) is 18.5. The van der Waals surface area contributed by atoms with Crippen molar-refractivity contribution in [1.29, 1.82) is 0 Å². The van der Waals surface area contributed by atoms with E-state index in [1.165, 1.54) is 11.8 Å². The second-order valence-electron chi connectivity index (χ2n) is 7.90. The number of benzene rings is 2. The summed E-state index contributed by atoms with van der Waals surface area (Å²) >= 11 is 0. The zero-order chi connectivity index (χ0) is 23.3. The van der Waals surface area contributed by atoms with E-state index in [9.17, 15) is 19.2 Å². The summed E-state index contributed by atoms with van der Waals surface area (Å²) in [7, 11) is 0. The van der Waals surface area contributed by atoms with Crippen molar-refractivity contribution in [2.24, 2.45) is 5.92 Å². The fraction of sp³-hybridized carbons (Fsp3) is 0.360. The molecule has 2 aromatic rings. The van der Waals surface area contributed by atoms with E-state index in [-0.39, 0.29) is 24.7 Å². The van der Waals surface area contributed by atoms with Crippen molar-refractivity contribution >= 4 is 29.3 Å². The third kappa shape index (κ3) is 5.41. The average Bonchev–Trinajstić information content (AvgIpc) is 3.19. The Bertz CT molecular complexity index is 996. The van der Waals surface area contributed by atoms with Crippen LogP contribution in [0.2, 0.25) is 0 Å². The van der Waals surface area contributed by atoms with Crippen LogP contribution in [0.1, 0.15) is 53.0 Å². The van der Waals surface area contributed by atoms with Crippen molar-refractivity contribution in [3.63, 3.8) is 0 Å². The first kappa shape index (κ1) is 23.2. The van der Waals surface area contributed by atoms with Gasteiger partial charge in [0.05, 0.1) is 18.1 Å². The van der Waals surface area contributed by atoms with Crippen LogP contribution in [0.5, 0.6) is 0 Å². The lowest BCUT2D eigenvalue weighted by Crippen LogP contribution is -2.30. The SMILES string of the molecule is CCCOC(=O)c1ccc(N2C[C@H](C(=O)O[C@H](C)C(=O)c3ccc(C)cc3)CC2=O)cc1. The summed E-state index contributed by atoms with van der Waals surface area (Å²) < 4.78 is 10.5. The van der Waals surface area contributed by atoms with Crippen LogP contribution in [0.15, 0.2) is 48.5 Å². The second-order valence-corrected chi connectivity index (χ2v) is 7.90. The summed E-state index contributed by atoms with van der Waals surface area (Å²) in [6, 6.07) is 13.5. The Morgan fingerprint density at radius 1 is 1.03 bits per heavy atom. The molecule has 0 aliphatic carbocycles. The number of aryl methyl sites for hydroxylation is 1. The maximum absolute atomic E-state index is 12.6. The van der Waals surface area contributed by atoms with Gasteiger partial charge in [0.25, 0.3) is 0 Å². The Morgan fingerprint density at radius 2 is 1.66 bits per heavy atom. The molecule has 0 bridgehead atoms. The van der Waals surface area contributed by atoms with E-state index in [0.717, 1.165) is 12.0 Å². The number of anilines is 1. The van der Waals surface area contributed by atoms with Crippen LogP contribution in [0.4, 0.5) is 5.69 Å². The number of esters is 2. The lowest BCUT2D eigenvalue weighted by molar-refractivity contribution is -0.151. The van der Waals surface area contributed by atoms with Gasteiger partial charge in [0, 0.05) is 24.2 Å². The van der Waals surface area contributed by atoms with Crippen molar-refractivity contribution in [3.8, 4) is 0 Å². The largest absolute Gasteiger partial charge is 0.462 e. The molecule has 0 saturated carbocycles. The summed E-state index contributed by atoms with van der Waals surface area (Å²) in [6.45, 7) is 5.87.